The predicted octanol–water partition coefficient (Wildman–Crippen LogP) is 2.08. The molecule has 0 unspecified atom stereocenters. The van der Waals surface area contributed by atoms with Crippen molar-refractivity contribution in [3.8, 4) is 5.75 Å². The zero-order valence-corrected chi connectivity index (χ0v) is 16.7. The van der Waals surface area contributed by atoms with Crippen LogP contribution in [-0.4, -0.2) is 37.6 Å². The monoisotopic (exact) mass is 421 g/mol. The molecule has 0 amide bonds. The summed E-state index contributed by atoms with van der Waals surface area (Å²) in [5, 5.41) is 0. The number of hydrogen-bond acceptors (Lipinski definition) is 7. The van der Waals surface area contributed by atoms with Gasteiger partial charge in [0.1, 0.15) is 34.7 Å². The van der Waals surface area contributed by atoms with Crippen molar-refractivity contribution < 1.29 is 17.5 Å². The average molecular weight is 421 g/mol. The molecule has 2 aromatic rings. The van der Waals surface area contributed by atoms with Gasteiger partial charge in [-0.15, -0.1) is 0 Å². The summed E-state index contributed by atoms with van der Waals surface area (Å²) in [6, 6.07) is 5.27. The van der Waals surface area contributed by atoms with Gasteiger partial charge in [0.15, 0.2) is 0 Å². The Balaban J connectivity index is 1.49. The van der Waals surface area contributed by atoms with E-state index in [1.165, 1.54) is 37.1 Å². The van der Waals surface area contributed by atoms with Crippen LogP contribution in [0.1, 0.15) is 25.7 Å². The Labute approximate surface area is 169 Å². The molecule has 1 saturated heterocycles. The summed E-state index contributed by atoms with van der Waals surface area (Å²) in [6.45, 7) is 1.79. The van der Waals surface area contributed by atoms with Crippen LogP contribution < -0.4 is 20.3 Å². The first-order chi connectivity index (χ1) is 14.0. The van der Waals surface area contributed by atoms with Gasteiger partial charge in [-0.2, -0.15) is 0 Å². The van der Waals surface area contributed by atoms with Crippen LogP contribution in [-0.2, 0) is 10.0 Å². The van der Waals surface area contributed by atoms with Crippen molar-refractivity contribution in [2.75, 3.05) is 17.8 Å². The Morgan fingerprint density at radius 1 is 1.14 bits per heavy atom. The highest BCUT2D eigenvalue weighted by Gasteiger charge is 2.35. The maximum Gasteiger partial charge on any atom is 0.265 e. The molecule has 1 aromatic heterocycles. The van der Waals surface area contributed by atoms with Crippen molar-refractivity contribution in [3.63, 3.8) is 0 Å². The Kier molecular flexibility index (Phi) is 5.93. The Hall–Kier alpha value is -2.30. The Morgan fingerprint density at radius 3 is 2.66 bits per heavy atom. The quantitative estimate of drug-likeness (QED) is 0.656. The molecule has 8 nitrogen and oxygen atoms in total. The zero-order chi connectivity index (χ0) is 20.3. The average Bonchev–Trinajstić information content (AvgIpc) is 3.23. The number of hydrogen-bond donors (Lipinski definition) is 3. The number of nitrogens with one attached hydrogen (secondary N) is 3. The molecular formula is C19H24FN5O3S. The van der Waals surface area contributed by atoms with Crippen LogP contribution >= 0.6 is 0 Å². The number of hydrazine groups is 1. The van der Waals surface area contributed by atoms with Gasteiger partial charge in [-0.25, -0.2) is 22.8 Å². The van der Waals surface area contributed by atoms with Crippen LogP contribution in [0.5, 0.6) is 5.75 Å². The van der Waals surface area contributed by atoms with Gasteiger partial charge in [-0.05, 0) is 43.4 Å². The van der Waals surface area contributed by atoms with Gasteiger partial charge in [-0.3, -0.25) is 15.6 Å². The van der Waals surface area contributed by atoms with Gasteiger partial charge in [0.2, 0.25) is 0 Å². The second kappa shape index (κ2) is 8.60. The molecule has 2 atom stereocenters. The van der Waals surface area contributed by atoms with E-state index in [4.69, 9.17) is 4.74 Å². The molecule has 1 saturated carbocycles. The molecule has 2 aliphatic rings. The fourth-order valence-corrected chi connectivity index (χ4v) is 5.15. The third-order valence-corrected chi connectivity index (χ3v) is 6.90. The molecule has 156 valence electrons. The fourth-order valence-electron chi connectivity index (χ4n) is 4.08. The first-order valence-corrected chi connectivity index (χ1v) is 11.2. The van der Waals surface area contributed by atoms with Crippen LogP contribution in [0.3, 0.4) is 0 Å². The third kappa shape index (κ3) is 4.65. The predicted molar refractivity (Wildman–Crippen MR) is 105 cm³/mol. The number of nitrogens with zero attached hydrogens (tertiary/aromatic N) is 2. The molecule has 3 N–H and O–H groups in total. The maximum absolute atomic E-state index is 14.6. The summed E-state index contributed by atoms with van der Waals surface area (Å²) in [6.07, 6.45) is 6.84. The van der Waals surface area contributed by atoms with E-state index in [0.717, 1.165) is 38.4 Å². The van der Waals surface area contributed by atoms with Crippen LogP contribution in [0.4, 0.5) is 10.2 Å². The summed E-state index contributed by atoms with van der Waals surface area (Å²) in [7, 11) is -4.11. The molecule has 0 radical (unpaired) electrons. The number of sulfonamides is 1. The molecule has 1 aliphatic heterocycles. The first-order valence-electron chi connectivity index (χ1n) is 9.74. The van der Waals surface area contributed by atoms with Gasteiger partial charge in [-0.1, -0.05) is 6.42 Å². The maximum atomic E-state index is 14.6. The lowest BCUT2D eigenvalue weighted by Gasteiger charge is -2.35. The van der Waals surface area contributed by atoms with E-state index < -0.39 is 20.7 Å². The number of halogens is 1. The molecule has 1 aliphatic carbocycles. The Morgan fingerprint density at radius 2 is 1.93 bits per heavy atom. The lowest BCUT2D eigenvalue weighted by Crippen LogP contribution is -2.37. The summed E-state index contributed by atoms with van der Waals surface area (Å²) >= 11 is 0. The van der Waals surface area contributed by atoms with Crippen molar-refractivity contribution in [1.82, 2.24) is 20.8 Å². The van der Waals surface area contributed by atoms with Crippen LogP contribution in [0, 0.1) is 17.7 Å². The minimum Gasteiger partial charge on any atom is -0.490 e. The molecule has 4 rings (SSSR count). The highest BCUT2D eigenvalue weighted by molar-refractivity contribution is 7.92. The largest absolute Gasteiger partial charge is 0.490 e. The number of anilines is 1. The van der Waals surface area contributed by atoms with E-state index in [0.29, 0.717) is 17.6 Å². The lowest BCUT2D eigenvalue weighted by molar-refractivity contribution is 0.0642. The summed E-state index contributed by atoms with van der Waals surface area (Å²) in [4.78, 5) is 7.07. The number of ether oxygens (including phenoxy) is 1. The van der Waals surface area contributed by atoms with E-state index in [1.807, 2.05) is 0 Å². The van der Waals surface area contributed by atoms with E-state index in [1.54, 1.807) is 0 Å². The minimum absolute atomic E-state index is 0.00329. The molecule has 1 aromatic carbocycles. The number of aromatic nitrogens is 2. The van der Waals surface area contributed by atoms with Gasteiger partial charge in [0.25, 0.3) is 10.0 Å². The molecule has 10 heteroatoms. The molecule has 29 heavy (non-hydrogen) atoms. The van der Waals surface area contributed by atoms with Gasteiger partial charge >= 0.3 is 0 Å². The standard InChI is InChI=1S/C19H24FN5O3S/c20-16-9-14(28-17-4-2-1-3-15(17)13-10-23-24-11-13)5-6-18(16)29(26,27)25-19-7-8-21-12-22-19/h5-9,12-13,15,17,23-24H,1-4,10-11H2,(H,21,22,25)/t15-,17+/m1/s1. The van der Waals surface area contributed by atoms with Crippen molar-refractivity contribution in [1.29, 1.82) is 0 Å². The lowest BCUT2D eigenvalue weighted by atomic mass is 9.78. The van der Waals surface area contributed by atoms with Crippen LogP contribution in [0.25, 0.3) is 0 Å². The smallest absolute Gasteiger partial charge is 0.265 e. The van der Waals surface area contributed by atoms with E-state index in [-0.39, 0.29) is 11.9 Å². The Bertz CT molecular complexity index is 938. The van der Waals surface area contributed by atoms with E-state index in [9.17, 15) is 12.8 Å². The molecule has 2 fully saturated rings. The summed E-state index contributed by atoms with van der Waals surface area (Å²) in [5.74, 6) is 0.419. The minimum atomic E-state index is -4.11. The molecule has 0 spiro atoms. The topological polar surface area (TPSA) is 105 Å². The van der Waals surface area contributed by atoms with Crippen LogP contribution in [0.2, 0.25) is 0 Å². The number of benzene rings is 1. The van der Waals surface area contributed by atoms with E-state index >= 15 is 0 Å². The molecular weight excluding hydrogens is 397 g/mol. The van der Waals surface area contributed by atoms with E-state index in [2.05, 4.69) is 25.5 Å². The van der Waals surface area contributed by atoms with Crippen molar-refractivity contribution in [2.24, 2.45) is 11.8 Å². The van der Waals surface area contributed by atoms with Crippen molar-refractivity contribution >= 4 is 15.8 Å². The van der Waals surface area contributed by atoms with Gasteiger partial charge in [0, 0.05) is 31.3 Å². The van der Waals surface area contributed by atoms with Crippen molar-refractivity contribution in [2.45, 2.75) is 36.7 Å². The second-order valence-corrected chi connectivity index (χ2v) is 9.07. The fraction of sp³-hybridized carbons (Fsp3) is 0.474. The molecule has 2 heterocycles. The normalized spacial score (nSPS) is 23.1. The van der Waals surface area contributed by atoms with Crippen LogP contribution in [0.15, 0.2) is 41.7 Å². The number of rotatable bonds is 6. The third-order valence-electron chi connectivity index (χ3n) is 5.51. The summed E-state index contributed by atoms with van der Waals surface area (Å²) in [5.41, 5.74) is 6.32. The molecule has 0 bridgehead atoms. The van der Waals surface area contributed by atoms with Gasteiger partial charge in [0.05, 0.1) is 0 Å². The highest BCUT2D eigenvalue weighted by Crippen LogP contribution is 2.34. The second-order valence-electron chi connectivity index (χ2n) is 7.42. The highest BCUT2D eigenvalue weighted by atomic mass is 32.2. The first kappa shape index (κ1) is 20.0. The van der Waals surface area contributed by atoms with Crippen molar-refractivity contribution in [3.05, 3.63) is 42.6 Å². The zero-order valence-electron chi connectivity index (χ0n) is 15.8. The summed E-state index contributed by atoms with van der Waals surface area (Å²) < 4.78 is 48.0. The SMILES string of the molecule is O=S(=O)(Nc1ccncn1)c1ccc(O[C@H]2CCCC[C@@H]2C2CNNC2)cc1F. The van der Waals surface area contributed by atoms with Gasteiger partial charge < -0.3 is 4.74 Å².